The first-order valence-corrected chi connectivity index (χ1v) is 10.9. The Morgan fingerprint density at radius 2 is 2.00 bits per heavy atom. The Morgan fingerprint density at radius 3 is 2.56 bits per heavy atom. The maximum atomic E-state index is 5.96. The van der Waals surface area contributed by atoms with Crippen molar-refractivity contribution >= 4 is 36.2 Å². The summed E-state index contributed by atoms with van der Waals surface area (Å²) in [6.45, 7) is 5.07. The van der Waals surface area contributed by atoms with Crippen LogP contribution in [-0.4, -0.2) is 26.8 Å². The van der Waals surface area contributed by atoms with Crippen molar-refractivity contribution in [1.82, 2.24) is 0 Å². The molecule has 1 unspecified atom stereocenters. The average Bonchev–Trinajstić information content (AvgIpc) is 2.25. The van der Waals surface area contributed by atoms with Gasteiger partial charge >= 0.3 is 100 Å². The largest absolute Gasteiger partial charge is 0.147 e. The van der Waals surface area contributed by atoms with Crippen molar-refractivity contribution in [2.24, 2.45) is 5.73 Å². The second-order valence-corrected chi connectivity index (χ2v) is 9.32. The minimum absolute atomic E-state index is 0. The average molecular weight is 349 g/mol. The van der Waals surface area contributed by atoms with Crippen LogP contribution in [0.5, 0.6) is 0 Å². The maximum Gasteiger partial charge on any atom is -0.147 e. The molecule has 0 aliphatic carbocycles. The van der Waals surface area contributed by atoms with Crippen LogP contribution in [0.3, 0.4) is 0 Å². The molecule has 0 aromatic heterocycles. The van der Waals surface area contributed by atoms with Gasteiger partial charge in [0, 0.05) is 0 Å². The summed E-state index contributed by atoms with van der Waals surface area (Å²) in [5, 5.41) is 0. The van der Waals surface area contributed by atoms with Crippen molar-refractivity contribution in [1.29, 1.82) is 0 Å². The molecule has 0 saturated heterocycles. The van der Waals surface area contributed by atoms with Gasteiger partial charge in [0.15, 0.2) is 0 Å². The fourth-order valence-electron chi connectivity index (χ4n) is 1.55. The van der Waals surface area contributed by atoms with Gasteiger partial charge in [-0.05, 0) is 0 Å². The summed E-state index contributed by atoms with van der Waals surface area (Å²) >= 11 is -1.83. The number of nitrogens with two attached hydrogens (primary N) is 1. The van der Waals surface area contributed by atoms with E-state index < -0.39 is 20.2 Å². The van der Waals surface area contributed by atoms with Crippen LogP contribution in [0.2, 0.25) is 4.94 Å². The van der Waals surface area contributed by atoms with Gasteiger partial charge < -0.3 is 0 Å². The molecular weight excluding hydrogens is 328 g/mol. The molecule has 91 valence electrons. The predicted octanol–water partition coefficient (Wildman–Crippen LogP) is 2.38. The fourth-order valence-corrected chi connectivity index (χ4v) is 6.44. The molecular formula is C12H21ClNOSn. The molecule has 0 heterocycles. The van der Waals surface area contributed by atoms with Crippen LogP contribution in [-0.2, 0) is 3.07 Å². The summed E-state index contributed by atoms with van der Waals surface area (Å²) in [5.74, 6) is 0. The van der Waals surface area contributed by atoms with Gasteiger partial charge in [0.25, 0.3) is 0 Å². The van der Waals surface area contributed by atoms with Crippen molar-refractivity contribution in [2.75, 3.05) is 6.61 Å². The quantitative estimate of drug-likeness (QED) is 0.829. The van der Waals surface area contributed by atoms with Crippen LogP contribution in [0.4, 0.5) is 0 Å². The Morgan fingerprint density at radius 1 is 1.38 bits per heavy atom. The van der Waals surface area contributed by atoms with Gasteiger partial charge in [-0.25, -0.2) is 0 Å². The van der Waals surface area contributed by atoms with Crippen LogP contribution in [0, 0.1) is 0 Å². The fraction of sp³-hybridized carbons (Fsp3) is 0.500. The molecule has 1 rings (SSSR count). The van der Waals surface area contributed by atoms with Gasteiger partial charge in [-0.2, -0.15) is 0 Å². The Labute approximate surface area is 112 Å². The zero-order chi connectivity index (χ0) is 11.3. The van der Waals surface area contributed by atoms with E-state index in [0.29, 0.717) is 0 Å². The van der Waals surface area contributed by atoms with Gasteiger partial charge in [-0.1, -0.05) is 0 Å². The molecule has 0 saturated carbocycles. The Balaban J connectivity index is 0.00000225. The van der Waals surface area contributed by atoms with Gasteiger partial charge in [0.05, 0.1) is 0 Å². The van der Waals surface area contributed by atoms with E-state index >= 15 is 0 Å². The number of benzene rings is 1. The summed E-state index contributed by atoms with van der Waals surface area (Å²) in [5.41, 5.74) is 7.23. The first kappa shape index (κ1) is 16.2. The molecule has 1 aromatic carbocycles. The number of halogens is 1. The molecule has 16 heavy (non-hydrogen) atoms. The molecule has 0 bridgehead atoms. The number of hydrogen-bond donors (Lipinski definition) is 1. The summed E-state index contributed by atoms with van der Waals surface area (Å²) in [4.78, 5) is 2.28. The van der Waals surface area contributed by atoms with Crippen molar-refractivity contribution in [2.45, 2.75) is 31.2 Å². The van der Waals surface area contributed by atoms with E-state index in [-0.39, 0.29) is 18.4 Å². The van der Waals surface area contributed by atoms with E-state index in [1.165, 1.54) is 9.14 Å². The minimum Gasteiger partial charge on any atom is -0.147 e. The molecule has 1 atom stereocenters. The molecule has 0 fully saturated rings. The van der Waals surface area contributed by atoms with Crippen LogP contribution in [0.15, 0.2) is 24.3 Å². The molecule has 0 amide bonds. The summed E-state index contributed by atoms with van der Waals surface area (Å²) in [6.07, 6.45) is 1.10. The van der Waals surface area contributed by atoms with Gasteiger partial charge in [-0.15, -0.1) is 12.4 Å². The smallest absolute Gasteiger partial charge is 0.147 e. The Kier molecular flexibility index (Phi) is 8.46. The Hall–Kier alpha value is 0.229. The van der Waals surface area contributed by atoms with Crippen LogP contribution in [0.1, 0.15) is 31.9 Å². The summed E-state index contributed by atoms with van der Waals surface area (Å²) in [7, 11) is 0. The molecule has 2 N–H and O–H groups in total. The molecule has 4 heteroatoms. The van der Waals surface area contributed by atoms with Crippen molar-refractivity contribution < 1.29 is 3.07 Å². The Bertz CT molecular complexity index is 307. The third-order valence-corrected chi connectivity index (χ3v) is 7.64. The summed E-state index contributed by atoms with van der Waals surface area (Å²) in [6, 6.07) is 8.56. The number of rotatable bonds is 5. The predicted molar refractivity (Wildman–Crippen MR) is 73.8 cm³/mol. The zero-order valence-electron chi connectivity index (χ0n) is 10.2. The molecule has 0 aliphatic heterocycles. The third-order valence-electron chi connectivity index (χ3n) is 2.35. The van der Waals surface area contributed by atoms with E-state index in [9.17, 15) is 0 Å². The van der Waals surface area contributed by atoms with Crippen LogP contribution in [0.25, 0.3) is 0 Å². The normalized spacial score (nSPS) is 12.3. The monoisotopic (exact) mass is 350 g/mol. The molecule has 2 nitrogen and oxygen atoms in total. The molecule has 1 aromatic rings. The first-order valence-electron chi connectivity index (χ1n) is 5.48. The minimum atomic E-state index is -1.83. The van der Waals surface area contributed by atoms with Gasteiger partial charge in [0.2, 0.25) is 0 Å². The number of hydrogen-bond acceptors (Lipinski definition) is 2. The molecule has 1 radical (unpaired) electrons. The van der Waals surface area contributed by atoms with Crippen molar-refractivity contribution in [3.05, 3.63) is 29.8 Å². The maximum absolute atomic E-state index is 5.96. The van der Waals surface area contributed by atoms with E-state index in [1.54, 1.807) is 0 Å². The summed E-state index contributed by atoms with van der Waals surface area (Å²) < 4.78 is 7.32. The molecule has 0 spiro atoms. The van der Waals surface area contributed by atoms with E-state index in [1.807, 2.05) is 6.92 Å². The molecule has 0 aliphatic rings. The van der Waals surface area contributed by atoms with Gasteiger partial charge in [0.1, 0.15) is 0 Å². The SMILES string of the molecule is CCC[O][Sn]([CH3])[c]1ccccc1C(C)N.Cl. The van der Waals surface area contributed by atoms with E-state index in [4.69, 9.17) is 8.81 Å². The van der Waals surface area contributed by atoms with Crippen molar-refractivity contribution in [3.8, 4) is 0 Å². The third kappa shape index (κ3) is 4.61. The van der Waals surface area contributed by atoms with Crippen molar-refractivity contribution in [3.63, 3.8) is 0 Å². The van der Waals surface area contributed by atoms with Crippen LogP contribution < -0.4 is 9.31 Å². The van der Waals surface area contributed by atoms with E-state index in [2.05, 4.69) is 36.1 Å². The standard InChI is InChI=1S/C8H10N.C3H7O.CH3.ClH.Sn/c1-7(9)8-5-3-2-4-6-8;1-2-3-4;;;/h2-5,7H,9H2,1H3;2-3H2,1H3;1H3;1H;/q;-1;;;+1. The van der Waals surface area contributed by atoms with E-state index in [0.717, 1.165) is 13.0 Å². The first-order chi connectivity index (χ1) is 7.16. The van der Waals surface area contributed by atoms with Gasteiger partial charge in [-0.3, -0.25) is 0 Å². The second kappa shape index (κ2) is 8.34. The van der Waals surface area contributed by atoms with Crippen LogP contribution >= 0.6 is 12.4 Å². The topological polar surface area (TPSA) is 35.2 Å². The second-order valence-electron chi connectivity index (χ2n) is 3.78. The zero-order valence-corrected chi connectivity index (χ0v) is 13.9.